The van der Waals surface area contributed by atoms with E-state index in [4.69, 9.17) is 10.9 Å². The highest BCUT2D eigenvalue weighted by Gasteiger charge is 2.30. The average molecular weight is 255 g/mol. The Morgan fingerprint density at radius 2 is 2.00 bits per heavy atom. The summed E-state index contributed by atoms with van der Waals surface area (Å²) in [7, 11) is 1.81. The number of nitrogens with two attached hydrogens (primary N) is 1. The highest BCUT2D eigenvalue weighted by molar-refractivity contribution is 6.02. The molecule has 0 aliphatic heterocycles. The maximum Gasteiger partial charge on any atom is 0.233 e. The second kappa shape index (κ2) is 6.61. The molecule has 1 rings (SSSR count). The predicted molar refractivity (Wildman–Crippen MR) is 71.3 cm³/mol. The molecule has 104 valence electrons. The number of amides is 1. The van der Waals surface area contributed by atoms with Crippen LogP contribution in [0.3, 0.4) is 0 Å². The van der Waals surface area contributed by atoms with Crippen LogP contribution in [0.5, 0.6) is 0 Å². The highest BCUT2D eigenvalue weighted by Crippen LogP contribution is 2.26. The Balaban J connectivity index is 2.64. The molecule has 1 fully saturated rings. The maximum absolute atomic E-state index is 12.3. The molecule has 1 unspecified atom stereocenters. The first-order valence-corrected chi connectivity index (χ1v) is 6.69. The van der Waals surface area contributed by atoms with E-state index in [0.717, 1.165) is 6.54 Å². The fourth-order valence-corrected chi connectivity index (χ4v) is 2.72. The summed E-state index contributed by atoms with van der Waals surface area (Å²) in [6.07, 6.45) is 4.93. The van der Waals surface area contributed by atoms with Gasteiger partial charge in [0.1, 0.15) is 5.92 Å². The van der Waals surface area contributed by atoms with Crippen LogP contribution in [0.15, 0.2) is 5.16 Å². The van der Waals surface area contributed by atoms with E-state index in [0.29, 0.717) is 5.92 Å². The molecule has 5 heteroatoms. The smallest absolute Gasteiger partial charge is 0.233 e. The van der Waals surface area contributed by atoms with E-state index in [2.05, 4.69) is 5.16 Å². The van der Waals surface area contributed by atoms with Crippen molar-refractivity contribution in [2.45, 2.75) is 39.5 Å². The molecular weight excluding hydrogens is 230 g/mol. The molecule has 0 aromatic heterocycles. The van der Waals surface area contributed by atoms with Crippen LogP contribution >= 0.6 is 0 Å². The van der Waals surface area contributed by atoms with Gasteiger partial charge in [0, 0.05) is 13.6 Å². The van der Waals surface area contributed by atoms with Gasteiger partial charge in [0.2, 0.25) is 5.91 Å². The zero-order chi connectivity index (χ0) is 13.7. The molecule has 0 spiro atoms. The number of amidine groups is 1. The van der Waals surface area contributed by atoms with Crippen molar-refractivity contribution in [3.05, 3.63) is 0 Å². The molecule has 18 heavy (non-hydrogen) atoms. The van der Waals surface area contributed by atoms with E-state index in [1.807, 2.05) is 13.8 Å². The van der Waals surface area contributed by atoms with Crippen molar-refractivity contribution in [3.8, 4) is 0 Å². The summed E-state index contributed by atoms with van der Waals surface area (Å²) in [6, 6.07) is 0. The molecule has 1 amide bonds. The Bertz CT molecular complexity index is 309. The lowest BCUT2D eigenvalue weighted by atomic mass is 9.93. The van der Waals surface area contributed by atoms with Crippen LogP contribution in [0.4, 0.5) is 0 Å². The lowest BCUT2D eigenvalue weighted by molar-refractivity contribution is -0.133. The van der Waals surface area contributed by atoms with Gasteiger partial charge < -0.3 is 15.8 Å². The predicted octanol–water partition coefficient (Wildman–Crippen LogP) is 1.65. The Morgan fingerprint density at radius 3 is 2.44 bits per heavy atom. The molecule has 0 saturated heterocycles. The number of carbonyl (C=O) groups excluding carboxylic acids is 1. The van der Waals surface area contributed by atoms with E-state index >= 15 is 0 Å². The van der Waals surface area contributed by atoms with Gasteiger partial charge in [-0.1, -0.05) is 31.8 Å². The van der Waals surface area contributed by atoms with Crippen molar-refractivity contribution in [2.75, 3.05) is 13.6 Å². The third-order valence-corrected chi connectivity index (χ3v) is 3.75. The zero-order valence-corrected chi connectivity index (χ0v) is 11.6. The van der Waals surface area contributed by atoms with Gasteiger partial charge >= 0.3 is 0 Å². The van der Waals surface area contributed by atoms with Crippen LogP contribution in [-0.4, -0.2) is 35.4 Å². The van der Waals surface area contributed by atoms with Gasteiger partial charge in [-0.25, -0.2) is 0 Å². The monoisotopic (exact) mass is 255 g/mol. The van der Waals surface area contributed by atoms with Crippen LogP contribution in [-0.2, 0) is 4.79 Å². The van der Waals surface area contributed by atoms with Crippen molar-refractivity contribution < 1.29 is 10.0 Å². The van der Waals surface area contributed by atoms with Gasteiger partial charge in [-0.05, 0) is 24.7 Å². The van der Waals surface area contributed by atoms with Gasteiger partial charge in [-0.3, -0.25) is 4.79 Å². The molecule has 5 nitrogen and oxygen atoms in total. The quantitative estimate of drug-likeness (QED) is 0.339. The minimum atomic E-state index is -0.526. The maximum atomic E-state index is 12.3. The molecule has 1 saturated carbocycles. The Hall–Kier alpha value is -1.26. The van der Waals surface area contributed by atoms with Gasteiger partial charge in [-0.2, -0.15) is 0 Å². The number of nitrogens with zero attached hydrogens (tertiary/aromatic N) is 2. The van der Waals surface area contributed by atoms with E-state index in [9.17, 15) is 4.79 Å². The molecule has 0 radical (unpaired) electrons. The zero-order valence-electron chi connectivity index (χ0n) is 11.6. The number of oxime groups is 1. The molecule has 1 aliphatic rings. The first-order valence-electron chi connectivity index (χ1n) is 6.69. The minimum absolute atomic E-state index is 0.00766. The Morgan fingerprint density at radius 1 is 1.44 bits per heavy atom. The summed E-state index contributed by atoms with van der Waals surface area (Å²) in [6.45, 7) is 4.59. The first-order chi connectivity index (χ1) is 8.47. The van der Waals surface area contributed by atoms with Crippen LogP contribution in [0, 0.1) is 17.8 Å². The van der Waals surface area contributed by atoms with Crippen molar-refractivity contribution in [3.63, 3.8) is 0 Å². The normalized spacial score (nSPS) is 19.2. The SMILES string of the molecule is CC(C)C(C(=O)N(C)CC1CCCC1)C(N)=NO. The molecule has 1 aliphatic carbocycles. The van der Waals surface area contributed by atoms with Gasteiger partial charge in [0.05, 0.1) is 0 Å². The second-order valence-corrected chi connectivity index (χ2v) is 5.62. The number of hydrogen-bond acceptors (Lipinski definition) is 3. The lowest BCUT2D eigenvalue weighted by Gasteiger charge is -2.27. The third-order valence-electron chi connectivity index (χ3n) is 3.75. The van der Waals surface area contributed by atoms with E-state index < -0.39 is 5.92 Å². The highest BCUT2D eigenvalue weighted by atomic mass is 16.4. The third kappa shape index (κ3) is 3.62. The molecule has 0 bridgehead atoms. The van der Waals surface area contributed by atoms with Crippen molar-refractivity contribution in [2.24, 2.45) is 28.6 Å². The topological polar surface area (TPSA) is 78.9 Å². The van der Waals surface area contributed by atoms with Crippen LogP contribution in [0.1, 0.15) is 39.5 Å². The molecular formula is C13H25N3O2. The summed E-state index contributed by atoms with van der Waals surface area (Å²) in [5, 5.41) is 11.8. The van der Waals surface area contributed by atoms with Gasteiger partial charge in [-0.15, -0.1) is 0 Å². The van der Waals surface area contributed by atoms with E-state index in [-0.39, 0.29) is 17.7 Å². The van der Waals surface area contributed by atoms with Gasteiger partial charge in [0.25, 0.3) is 0 Å². The fraction of sp³-hybridized carbons (Fsp3) is 0.846. The van der Waals surface area contributed by atoms with Gasteiger partial charge in [0.15, 0.2) is 5.84 Å². The molecule has 0 aromatic carbocycles. The number of carbonyl (C=O) groups is 1. The minimum Gasteiger partial charge on any atom is -0.409 e. The molecule has 0 heterocycles. The summed E-state index contributed by atoms with van der Waals surface area (Å²) in [5.41, 5.74) is 5.62. The van der Waals surface area contributed by atoms with Crippen LogP contribution in [0.25, 0.3) is 0 Å². The van der Waals surface area contributed by atoms with E-state index in [1.165, 1.54) is 25.7 Å². The van der Waals surface area contributed by atoms with E-state index in [1.54, 1.807) is 11.9 Å². The standard InChI is InChI=1S/C13H25N3O2/c1-9(2)11(12(14)15-18)13(17)16(3)8-10-6-4-5-7-10/h9-11,18H,4-8H2,1-3H3,(H2,14,15). The van der Waals surface area contributed by atoms with Crippen molar-refractivity contribution in [1.29, 1.82) is 0 Å². The number of rotatable bonds is 5. The van der Waals surface area contributed by atoms with Crippen molar-refractivity contribution >= 4 is 11.7 Å². The van der Waals surface area contributed by atoms with Crippen LogP contribution in [0.2, 0.25) is 0 Å². The summed E-state index contributed by atoms with van der Waals surface area (Å²) in [5.74, 6) is 0.0698. The average Bonchev–Trinajstić information content (AvgIpc) is 2.81. The second-order valence-electron chi connectivity index (χ2n) is 5.62. The molecule has 3 N–H and O–H groups in total. The summed E-state index contributed by atoms with van der Waals surface area (Å²) >= 11 is 0. The number of hydrogen-bond donors (Lipinski definition) is 2. The van der Waals surface area contributed by atoms with Crippen molar-refractivity contribution in [1.82, 2.24) is 4.90 Å². The summed E-state index contributed by atoms with van der Waals surface area (Å²) < 4.78 is 0. The van der Waals surface area contributed by atoms with Crippen LogP contribution < -0.4 is 5.73 Å². The molecule has 1 atom stereocenters. The molecule has 0 aromatic rings. The summed E-state index contributed by atoms with van der Waals surface area (Å²) in [4.78, 5) is 14.1. The Labute approximate surface area is 109 Å². The Kier molecular flexibility index (Phi) is 5.44. The largest absolute Gasteiger partial charge is 0.409 e. The fourth-order valence-electron chi connectivity index (χ4n) is 2.72. The lowest BCUT2D eigenvalue weighted by Crippen LogP contribution is -2.44. The first kappa shape index (κ1) is 14.8.